The van der Waals surface area contributed by atoms with Crippen LogP contribution in [-0.2, 0) is 6.54 Å². The zero-order valence-corrected chi connectivity index (χ0v) is 12.4. The maximum atomic E-state index is 13.2. The molecule has 0 aliphatic carbocycles. The van der Waals surface area contributed by atoms with E-state index in [9.17, 15) is 9.18 Å². The summed E-state index contributed by atoms with van der Waals surface area (Å²) in [6.45, 7) is 0.448. The average Bonchev–Trinajstić information content (AvgIpc) is 2.96. The lowest BCUT2D eigenvalue weighted by Crippen LogP contribution is -2.23. The highest BCUT2D eigenvalue weighted by Gasteiger charge is 2.18. The molecule has 1 aliphatic rings. The number of benzene rings is 2. The van der Waals surface area contributed by atoms with E-state index in [0.29, 0.717) is 16.0 Å². The molecule has 2 aromatic carbocycles. The fourth-order valence-electron chi connectivity index (χ4n) is 2.07. The summed E-state index contributed by atoms with van der Waals surface area (Å²) in [5, 5.41) is 2.74. The lowest BCUT2D eigenvalue weighted by atomic mass is 10.1. The molecule has 1 amide bonds. The largest absolute Gasteiger partial charge is 0.454 e. The Balaban J connectivity index is 1.75. The summed E-state index contributed by atoms with van der Waals surface area (Å²) in [6, 6.07) is 9.45. The fraction of sp³-hybridized carbons (Fsp3) is 0.133. The number of rotatable bonds is 3. The van der Waals surface area contributed by atoms with E-state index in [1.807, 2.05) is 12.1 Å². The second kappa shape index (κ2) is 5.73. The van der Waals surface area contributed by atoms with Crippen molar-refractivity contribution in [2.45, 2.75) is 6.54 Å². The van der Waals surface area contributed by atoms with Gasteiger partial charge in [0, 0.05) is 16.6 Å². The summed E-state index contributed by atoms with van der Waals surface area (Å²) in [7, 11) is 0. The Hall–Kier alpha value is -2.08. The van der Waals surface area contributed by atoms with Gasteiger partial charge in [-0.05, 0) is 40.2 Å². The highest BCUT2D eigenvalue weighted by Crippen LogP contribution is 2.35. The number of fused-ring (bicyclic) bond motifs is 1. The van der Waals surface area contributed by atoms with E-state index in [1.54, 1.807) is 6.07 Å². The number of carbonyl (C=O) groups is 1. The Bertz CT molecular complexity index is 705. The van der Waals surface area contributed by atoms with Crippen LogP contribution < -0.4 is 14.8 Å². The van der Waals surface area contributed by atoms with Crippen molar-refractivity contribution in [3.8, 4) is 11.5 Å². The van der Waals surface area contributed by atoms with Gasteiger partial charge in [0.15, 0.2) is 11.5 Å². The molecule has 1 heterocycles. The van der Waals surface area contributed by atoms with Gasteiger partial charge in [-0.1, -0.05) is 12.1 Å². The first kappa shape index (κ1) is 13.9. The molecule has 0 aromatic heterocycles. The van der Waals surface area contributed by atoms with Crippen LogP contribution in [0.4, 0.5) is 4.39 Å². The van der Waals surface area contributed by atoms with Crippen LogP contribution in [0.3, 0.4) is 0 Å². The standard InChI is InChI=1S/C15H11BrFNO3/c16-12-5-4-10(17)6-11(12)15(19)18-7-9-2-1-3-13-14(9)21-8-20-13/h1-6H,7-8H2,(H,18,19). The molecule has 0 atom stereocenters. The maximum Gasteiger partial charge on any atom is 0.252 e. The molecular weight excluding hydrogens is 341 g/mol. The molecule has 1 aliphatic heterocycles. The Labute approximate surface area is 129 Å². The first-order chi connectivity index (χ1) is 10.1. The summed E-state index contributed by atoms with van der Waals surface area (Å²) < 4.78 is 24.4. The molecule has 0 spiro atoms. The molecule has 0 saturated heterocycles. The second-order valence-electron chi connectivity index (χ2n) is 4.46. The minimum atomic E-state index is -0.458. The highest BCUT2D eigenvalue weighted by molar-refractivity contribution is 9.10. The quantitative estimate of drug-likeness (QED) is 0.923. The lowest BCUT2D eigenvalue weighted by molar-refractivity contribution is 0.0949. The van der Waals surface area contributed by atoms with E-state index in [-0.39, 0.29) is 24.8 Å². The first-order valence-electron chi connectivity index (χ1n) is 6.26. The van der Waals surface area contributed by atoms with E-state index in [0.717, 1.165) is 5.56 Å². The number of hydrogen-bond donors (Lipinski definition) is 1. The van der Waals surface area contributed by atoms with Gasteiger partial charge in [-0.3, -0.25) is 4.79 Å². The summed E-state index contributed by atoms with van der Waals surface area (Å²) in [6.07, 6.45) is 0. The SMILES string of the molecule is O=C(NCc1cccc2c1OCO2)c1cc(F)ccc1Br. The molecule has 0 bridgehead atoms. The number of hydrogen-bond acceptors (Lipinski definition) is 3. The molecule has 3 rings (SSSR count). The van der Waals surface area contributed by atoms with E-state index in [4.69, 9.17) is 9.47 Å². The van der Waals surface area contributed by atoms with Gasteiger partial charge >= 0.3 is 0 Å². The number of para-hydroxylation sites is 1. The zero-order chi connectivity index (χ0) is 14.8. The molecule has 2 aromatic rings. The van der Waals surface area contributed by atoms with Crippen LogP contribution in [0.2, 0.25) is 0 Å². The van der Waals surface area contributed by atoms with Crippen molar-refractivity contribution in [2.75, 3.05) is 6.79 Å². The van der Waals surface area contributed by atoms with Crippen molar-refractivity contribution in [3.05, 3.63) is 57.8 Å². The Morgan fingerprint density at radius 2 is 2.14 bits per heavy atom. The molecule has 4 nitrogen and oxygen atoms in total. The minimum Gasteiger partial charge on any atom is -0.454 e. The monoisotopic (exact) mass is 351 g/mol. The van der Waals surface area contributed by atoms with Crippen molar-refractivity contribution < 1.29 is 18.7 Å². The number of ether oxygens (including phenoxy) is 2. The molecule has 6 heteroatoms. The van der Waals surface area contributed by atoms with E-state index < -0.39 is 5.82 Å². The van der Waals surface area contributed by atoms with Gasteiger partial charge < -0.3 is 14.8 Å². The number of halogens is 2. The number of carbonyl (C=O) groups excluding carboxylic acids is 1. The van der Waals surface area contributed by atoms with Gasteiger partial charge in [0.25, 0.3) is 5.91 Å². The van der Waals surface area contributed by atoms with Gasteiger partial charge in [-0.2, -0.15) is 0 Å². The molecule has 0 unspecified atom stereocenters. The average molecular weight is 352 g/mol. The third kappa shape index (κ3) is 2.85. The lowest BCUT2D eigenvalue weighted by Gasteiger charge is -2.09. The molecule has 21 heavy (non-hydrogen) atoms. The maximum absolute atomic E-state index is 13.2. The van der Waals surface area contributed by atoms with Crippen molar-refractivity contribution in [1.82, 2.24) is 5.32 Å². The van der Waals surface area contributed by atoms with Crippen LogP contribution >= 0.6 is 15.9 Å². The summed E-state index contributed by atoms with van der Waals surface area (Å²) in [5.41, 5.74) is 1.06. The van der Waals surface area contributed by atoms with Crippen molar-refractivity contribution in [2.24, 2.45) is 0 Å². The van der Waals surface area contributed by atoms with Crippen LogP contribution in [0, 0.1) is 5.82 Å². The summed E-state index contributed by atoms with van der Waals surface area (Å²) in [4.78, 5) is 12.1. The predicted octanol–water partition coefficient (Wildman–Crippen LogP) is 3.25. The number of nitrogens with one attached hydrogen (secondary N) is 1. The van der Waals surface area contributed by atoms with Crippen LogP contribution in [0.15, 0.2) is 40.9 Å². The predicted molar refractivity (Wildman–Crippen MR) is 77.8 cm³/mol. The summed E-state index contributed by atoms with van der Waals surface area (Å²) >= 11 is 3.23. The summed E-state index contributed by atoms with van der Waals surface area (Å²) in [5.74, 6) is 0.475. The Morgan fingerprint density at radius 1 is 1.29 bits per heavy atom. The Morgan fingerprint density at radius 3 is 3.00 bits per heavy atom. The molecule has 0 saturated carbocycles. The fourth-order valence-corrected chi connectivity index (χ4v) is 2.50. The zero-order valence-electron chi connectivity index (χ0n) is 10.9. The number of amides is 1. The van der Waals surface area contributed by atoms with Gasteiger partial charge in [-0.15, -0.1) is 0 Å². The van der Waals surface area contributed by atoms with E-state index >= 15 is 0 Å². The van der Waals surface area contributed by atoms with Gasteiger partial charge in [0.05, 0.1) is 5.56 Å². The van der Waals surface area contributed by atoms with Crippen molar-refractivity contribution in [1.29, 1.82) is 0 Å². The second-order valence-corrected chi connectivity index (χ2v) is 5.31. The minimum absolute atomic E-state index is 0.176. The topological polar surface area (TPSA) is 47.6 Å². The third-order valence-corrected chi connectivity index (χ3v) is 3.78. The van der Waals surface area contributed by atoms with Crippen LogP contribution in [0.25, 0.3) is 0 Å². The molecule has 1 N–H and O–H groups in total. The highest BCUT2D eigenvalue weighted by atomic mass is 79.9. The first-order valence-corrected chi connectivity index (χ1v) is 7.05. The normalized spacial score (nSPS) is 12.3. The van der Waals surface area contributed by atoms with Crippen LogP contribution in [0.5, 0.6) is 11.5 Å². The molecular formula is C15H11BrFNO3. The molecule has 108 valence electrons. The van der Waals surface area contributed by atoms with E-state index in [1.165, 1.54) is 18.2 Å². The van der Waals surface area contributed by atoms with Crippen LogP contribution in [0.1, 0.15) is 15.9 Å². The van der Waals surface area contributed by atoms with Gasteiger partial charge in [0.2, 0.25) is 6.79 Å². The van der Waals surface area contributed by atoms with Crippen molar-refractivity contribution in [3.63, 3.8) is 0 Å². The van der Waals surface area contributed by atoms with E-state index in [2.05, 4.69) is 21.2 Å². The molecule has 0 fully saturated rings. The Kier molecular flexibility index (Phi) is 3.79. The third-order valence-electron chi connectivity index (χ3n) is 3.09. The van der Waals surface area contributed by atoms with Gasteiger partial charge in [0.1, 0.15) is 5.82 Å². The molecule has 0 radical (unpaired) electrons. The van der Waals surface area contributed by atoms with Gasteiger partial charge in [-0.25, -0.2) is 4.39 Å². The van der Waals surface area contributed by atoms with Crippen LogP contribution in [-0.4, -0.2) is 12.7 Å². The van der Waals surface area contributed by atoms with Crippen molar-refractivity contribution >= 4 is 21.8 Å². The smallest absolute Gasteiger partial charge is 0.252 e.